The smallest absolute Gasteiger partial charge is 0.129 e. The molecule has 0 aromatic heterocycles. The number of ketones is 1. The van der Waals surface area contributed by atoms with Gasteiger partial charge in [-0.2, -0.15) is 5.26 Å². The quantitative estimate of drug-likeness (QED) is 0.693. The zero-order chi connectivity index (χ0) is 13.4. The summed E-state index contributed by atoms with van der Waals surface area (Å²) >= 11 is 0. The number of benzene rings is 1. The Labute approximate surface area is 109 Å². The Morgan fingerprint density at radius 2 is 2.17 bits per heavy atom. The van der Waals surface area contributed by atoms with Crippen molar-refractivity contribution in [2.75, 3.05) is 13.6 Å². The molecular weight excluding hydrogens is 224 g/mol. The van der Waals surface area contributed by atoms with E-state index in [0.29, 0.717) is 12.0 Å². The third-order valence-corrected chi connectivity index (χ3v) is 2.83. The molecule has 0 saturated heterocycles. The molecule has 1 aromatic rings. The first-order valence-corrected chi connectivity index (χ1v) is 6.29. The lowest BCUT2D eigenvalue weighted by Gasteiger charge is -2.16. The fourth-order valence-corrected chi connectivity index (χ4v) is 1.89. The topological polar surface area (TPSA) is 44.1 Å². The molecule has 0 N–H and O–H groups in total. The minimum absolute atomic E-state index is 0.263. The van der Waals surface area contributed by atoms with Crippen LogP contribution in [0.3, 0.4) is 0 Å². The van der Waals surface area contributed by atoms with Crippen molar-refractivity contribution in [1.82, 2.24) is 4.90 Å². The molecular formula is C15H20N2O. The van der Waals surface area contributed by atoms with E-state index in [-0.39, 0.29) is 5.78 Å². The summed E-state index contributed by atoms with van der Waals surface area (Å²) in [5, 5.41) is 8.83. The van der Waals surface area contributed by atoms with Gasteiger partial charge in [-0.05, 0) is 51.1 Å². The van der Waals surface area contributed by atoms with Crippen LogP contribution in [-0.4, -0.2) is 24.3 Å². The van der Waals surface area contributed by atoms with Crippen LogP contribution in [-0.2, 0) is 11.3 Å². The van der Waals surface area contributed by atoms with E-state index in [2.05, 4.69) is 18.0 Å². The SMILES string of the molecule is CC(=O)CCCCN(C)Cc1cccc(C#N)c1. The molecule has 0 heterocycles. The molecule has 18 heavy (non-hydrogen) atoms. The molecule has 0 unspecified atom stereocenters. The summed E-state index contributed by atoms with van der Waals surface area (Å²) in [6.07, 6.45) is 2.67. The first kappa shape index (κ1) is 14.4. The van der Waals surface area contributed by atoms with Gasteiger partial charge in [-0.15, -0.1) is 0 Å². The highest BCUT2D eigenvalue weighted by Gasteiger charge is 2.02. The van der Waals surface area contributed by atoms with Gasteiger partial charge in [0.25, 0.3) is 0 Å². The normalized spacial score (nSPS) is 10.3. The molecule has 0 saturated carbocycles. The van der Waals surface area contributed by atoms with E-state index in [1.165, 1.54) is 0 Å². The molecule has 3 nitrogen and oxygen atoms in total. The molecule has 96 valence electrons. The highest BCUT2D eigenvalue weighted by atomic mass is 16.1. The van der Waals surface area contributed by atoms with Crippen molar-refractivity contribution in [3.8, 4) is 6.07 Å². The predicted molar refractivity (Wildman–Crippen MR) is 72.0 cm³/mol. The molecule has 0 aliphatic carbocycles. The van der Waals surface area contributed by atoms with Crippen LogP contribution in [0, 0.1) is 11.3 Å². The van der Waals surface area contributed by atoms with Crippen LogP contribution in [0.25, 0.3) is 0 Å². The second-order valence-corrected chi connectivity index (χ2v) is 4.71. The Hall–Kier alpha value is -1.66. The lowest BCUT2D eigenvalue weighted by molar-refractivity contribution is -0.117. The standard InChI is InChI=1S/C15H20N2O/c1-13(18)6-3-4-9-17(2)12-15-8-5-7-14(10-15)11-16/h5,7-8,10H,3-4,6,9,12H2,1-2H3. The second kappa shape index (κ2) is 7.62. The summed E-state index contributed by atoms with van der Waals surface area (Å²) in [6.45, 7) is 3.46. The first-order valence-electron chi connectivity index (χ1n) is 6.29. The Balaban J connectivity index is 2.33. The van der Waals surface area contributed by atoms with Gasteiger partial charge in [0.1, 0.15) is 5.78 Å². The van der Waals surface area contributed by atoms with Crippen LogP contribution in [0.4, 0.5) is 0 Å². The highest BCUT2D eigenvalue weighted by molar-refractivity contribution is 5.75. The first-order chi connectivity index (χ1) is 8.61. The Bertz CT molecular complexity index is 434. The summed E-state index contributed by atoms with van der Waals surface area (Å²) in [6, 6.07) is 9.84. The molecule has 0 atom stereocenters. The number of hydrogen-bond acceptors (Lipinski definition) is 3. The number of nitriles is 1. The van der Waals surface area contributed by atoms with Crippen molar-refractivity contribution in [2.24, 2.45) is 0 Å². The number of rotatable bonds is 7. The third-order valence-electron chi connectivity index (χ3n) is 2.83. The Morgan fingerprint density at radius 1 is 1.39 bits per heavy atom. The zero-order valence-electron chi connectivity index (χ0n) is 11.1. The van der Waals surface area contributed by atoms with E-state index in [1.54, 1.807) is 6.92 Å². The second-order valence-electron chi connectivity index (χ2n) is 4.71. The largest absolute Gasteiger partial charge is 0.302 e. The minimum atomic E-state index is 0.263. The number of unbranched alkanes of at least 4 members (excludes halogenated alkanes) is 1. The van der Waals surface area contributed by atoms with E-state index in [4.69, 9.17) is 5.26 Å². The molecule has 0 spiro atoms. The molecule has 0 radical (unpaired) electrons. The molecule has 3 heteroatoms. The average molecular weight is 244 g/mol. The van der Waals surface area contributed by atoms with Crippen LogP contribution >= 0.6 is 0 Å². The maximum atomic E-state index is 10.8. The third kappa shape index (κ3) is 5.60. The van der Waals surface area contributed by atoms with E-state index in [1.807, 2.05) is 24.3 Å². The molecule has 1 aromatic carbocycles. The van der Waals surface area contributed by atoms with Gasteiger partial charge in [0.05, 0.1) is 11.6 Å². The number of nitrogens with zero attached hydrogens (tertiary/aromatic N) is 2. The van der Waals surface area contributed by atoms with Crippen molar-refractivity contribution in [3.63, 3.8) is 0 Å². The van der Waals surface area contributed by atoms with Crippen LogP contribution in [0.1, 0.15) is 37.3 Å². The van der Waals surface area contributed by atoms with Crippen molar-refractivity contribution in [2.45, 2.75) is 32.7 Å². The lowest BCUT2D eigenvalue weighted by atomic mass is 10.1. The number of hydrogen-bond donors (Lipinski definition) is 0. The van der Waals surface area contributed by atoms with Gasteiger partial charge in [-0.25, -0.2) is 0 Å². The summed E-state index contributed by atoms with van der Waals surface area (Å²) in [5.74, 6) is 0.263. The molecule has 1 rings (SSSR count). The summed E-state index contributed by atoms with van der Waals surface area (Å²) in [7, 11) is 2.06. The molecule has 0 fully saturated rings. The Morgan fingerprint density at radius 3 is 2.83 bits per heavy atom. The van der Waals surface area contributed by atoms with E-state index in [0.717, 1.165) is 31.5 Å². The summed E-state index contributed by atoms with van der Waals surface area (Å²) < 4.78 is 0. The van der Waals surface area contributed by atoms with Crippen LogP contribution in [0.5, 0.6) is 0 Å². The molecule has 0 amide bonds. The van der Waals surface area contributed by atoms with Crippen LogP contribution in [0.15, 0.2) is 24.3 Å². The lowest BCUT2D eigenvalue weighted by Crippen LogP contribution is -2.19. The van der Waals surface area contributed by atoms with Crippen molar-refractivity contribution in [1.29, 1.82) is 5.26 Å². The fourth-order valence-electron chi connectivity index (χ4n) is 1.89. The predicted octanol–water partition coefficient (Wildman–Crippen LogP) is 2.75. The monoisotopic (exact) mass is 244 g/mol. The number of Topliss-reactive ketones (excluding diaryl/α,β-unsaturated/α-hetero) is 1. The number of carbonyl (C=O) groups is 1. The Kier molecular flexibility index (Phi) is 6.10. The van der Waals surface area contributed by atoms with Gasteiger partial charge >= 0.3 is 0 Å². The van der Waals surface area contributed by atoms with E-state index >= 15 is 0 Å². The zero-order valence-corrected chi connectivity index (χ0v) is 11.1. The minimum Gasteiger partial charge on any atom is -0.302 e. The van der Waals surface area contributed by atoms with Crippen molar-refractivity contribution >= 4 is 5.78 Å². The van der Waals surface area contributed by atoms with Gasteiger partial charge < -0.3 is 9.69 Å². The van der Waals surface area contributed by atoms with Gasteiger partial charge in [0, 0.05) is 13.0 Å². The van der Waals surface area contributed by atoms with Gasteiger partial charge in [0.2, 0.25) is 0 Å². The van der Waals surface area contributed by atoms with E-state index < -0.39 is 0 Å². The van der Waals surface area contributed by atoms with Crippen molar-refractivity contribution < 1.29 is 4.79 Å². The van der Waals surface area contributed by atoms with Gasteiger partial charge in [-0.1, -0.05) is 12.1 Å². The van der Waals surface area contributed by atoms with Gasteiger partial charge in [0.15, 0.2) is 0 Å². The van der Waals surface area contributed by atoms with Gasteiger partial charge in [-0.3, -0.25) is 0 Å². The summed E-state index contributed by atoms with van der Waals surface area (Å²) in [4.78, 5) is 13.0. The van der Waals surface area contributed by atoms with Crippen molar-refractivity contribution in [3.05, 3.63) is 35.4 Å². The van der Waals surface area contributed by atoms with Crippen LogP contribution in [0.2, 0.25) is 0 Å². The van der Waals surface area contributed by atoms with Crippen LogP contribution < -0.4 is 0 Å². The fraction of sp³-hybridized carbons (Fsp3) is 0.467. The number of carbonyl (C=O) groups excluding carboxylic acids is 1. The molecule has 0 bridgehead atoms. The average Bonchev–Trinajstić information content (AvgIpc) is 2.34. The molecule has 0 aliphatic rings. The maximum absolute atomic E-state index is 10.8. The van der Waals surface area contributed by atoms with E-state index in [9.17, 15) is 4.79 Å². The summed E-state index contributed by atoms with van der Waals surface area (Å²) in [5.41, 5.74) is 1.86. The highest BCUT2D eigenvalue weighted by Crippen LogP contribution is 2.08. The maximum Gasteiger partial charge on any atom is 0.129 e. The molecule has 0 aliphatic heterocycles.